The second-order valence-electron chi connectivity index (χ2n) is 3.59. The zero-order chi connectivity index (χ0) is 9.14. The van der Waals surface area contributed by atoms with Crippen LogP contribution in [0.25, 0.3) is 0 Å². The molecule has 1 unspecified atom stereocenters. The van der Waals surface area contributed by atoms with E-state index in [-0.39, 0.29) is 0 Å². The van der Waals surface area contributed by atoms with Gasteiger partial charge in [-0.1, -0.05) is 6.58 Å². The molecule has 1 rings (SSSR count). The van der Waals surface area contributed by atoms with Gasteiger partial charge in [0, 0.05) is 37.9 Å². The zero-order valence-electron chi connectivity index (χ0n) is 8.08. The van der Waals surface area contributed by atoms with Gasteiger partial charge in [0.25, 0.3) is 0 Å². The van der Waals surface area contributed by atoms with E-state index in [1.165, 1.54) is 0 Å². The molecular weight excluding hydrogens is 150 g/mol. The Balaban J connectivity index is 2.39. The van der Waals surface area contributed by atoms with Gasteiger partial charge in [0.1, 0.15) is 0 Å². The van der Waals surface area contributed by atoms with Crippen LogP contribution < -0.4 is 5.73 Å². The maximum absolute atomic E-state index is 5.65. The highest BCUT2D eigenvalue weighted by Crippen LogP contribution is 2.07. The SMILES string of the molecule is C=C(N)C(C)N1CCN(C)CC1. The fourth-order valence-corrected chi connectivity index (χ4v) is 1.44. The number of nitrogens with zero attached hydrogens (tertiary/aromatic N) is 2. The van der Waals surface area contributed by atoms with E-state index in [4.69, 9.17) is 5.73 Å². The third kappa shape index (κ3) is 2.22. The van der Waals surface area contributed by atoms with Gasteiger partial charge in [0.2, 0.25) is 0 Å². The smallest absolute Gasteiger partial charge is 0.0459 e. The molecule has 0 spiro atoms. The first kappa shape index (κ1) is 9.55. The third-order valence-electron chi connectivity index (χ3n) is 2.62. The van der Waals surface area contributed by atoms with Crippen LogP contribution in [-0.2, 0) is 0 Å². The molecule has 1 heterocycles. The van der Waals surface area contributed by atoms with Gasteiger partial charge in [-0.2, -0.15) is 0 Å². The van der Waals surface area contributed by atoms with Crippen molar-refractivity contribution in [2.24, 2.45) is 5.73 Å². The Labute approximate surface area is 74.8 Å². The van der Waals surface area contributed by atoms with Gasteiger partial charge in [0.05, 0.1) is 0 Å². The topological polar surface area (TPSA) is 32.5 Å². The predicted molar refractivity (Wildman–Crippen MR) is 51.9 cm³/mol. The highest BCUT2D eigenvalue weighted by atomic mass is 15.3. The van der Waals surface area contributed by atoms with Crippen LogP contribution in [0.2, 0.25) is 0 Å². The van der Waals surface area contributed by atoms with E-state index in [1.807, 2.05) is 0 Å². The summed E-state index contributed by atoms with van der Waals surface area (Å²) in [6, 6.07) is 0.332. The van der Waals surface area contributed by atoms with Crippen LogP contribution in [0.3, 0.4) is 0 Å². The monoisotopic (exact) mass is 169 g/mol. The summed E-state index contributed by atoms with van der Waals surface area (Å²) in [5.41, 5.74) is 6.43. The number of piperazine rings is 1. The van der Waals surface area contributed by atoms with E-state index in [1.54, 1.807) is 0 Å². The molecule has 1 aliphatic rings. The Morgan fingerprint density at radius 2 is 1.83 bits per heavy atom. The summed E-state index contributed by atoms with van der Waals surface area (Å²) in [7, 11) is 2.15. The zero-order valence-corrected chi connectivity index (χ0v) is 8.08. The van der Waals surface area contributed by atoms with Crippen LogP contribution in [0.1, 0.15) is 6.92 Å². The number of nitrogens with two attached hydrogens (primary N) is 1. The normalized spacial score (nSPS) is 23.8. The van der Waals surface area contributed by atoms with Crippen LogP contribution in [0, 0.1) is 0 Å². The molecular formula is C9H19N3. The van der Waals surface area contributed by atoms with Crippen molar-refractivity contribution in [3.8, 4) is 0 Å². The third-order valence-corrected chi connectivity index (χ3v) is 2.62. The van der Waals surface area contributed by atoms with Crippen LogP contribution in [-0.4, -0.2) is 49.1 Å². The van der Waals surface area contributed by atoms with Crippen molar-refractivity contribution in [3.63, 3.8) is 0 Å². The number of rotatable bonds is 2. The van der Waals surface area contributed by atoms with Crippen molar-refractivity contribution >= 4 is 0 Å². The van der Waals surface area contributed by atoms with Crippen LogP contribution in [0.4, 0.5) is 0 Å². The standard InChI is InChI=1S/C9H19N3/c1-8(10)9(2)12-6-4-11(3)5-7-12/h9H,1,4-7,10H2,2-3H3. The average molecular weight is 169 g/mol. The lowest BCUT2D eigenvalue weighted by molar-refractivity contribution is 0.132. The Morgan fingerprint density at radius 1 is 1.33 bits per heavy atom. The summed E-state index contributed by atoms with van der Waals surface area (Å²) in [6.07, 6.45) is 0. The Hall–Kier alpha value is -0.540. The molecule has 0 saturated carbocycles. The van der Waals surface area contributed by atoms with Crippen LogP contribution >= 0.6 is 0 Å². The second-order valence-corrected chi connectivity index (χ2v) is 3.59. The molecule has 3 nitrogen and oxygen atoms in total. The van der Waals surface area contributed by atoms with E-state index in [0.717, 1.165) is 31.9 Å². The fraction of sp³-hybridized carbons (Fsp3) is 0.778. The van der Waals surface area contributed by atoms with Gasteiger partial charge >= 0.3 is 0 Å². The average Bonchev–Trinajstić information content (AvgIpc) is 2.04. The lowest BCUT2D eigenvalue weighted by Crippen LogP contribution is -2.49. The van der Waals surface area contributed by atoms with Crippen molar-refractivity contribution in [1.29, 1.82) is 0 Å². The summed E-state index contributed by atoms with van der Waals surface area (Å²) in [5, 5.41) is 0. The summed E-state index contributed by atoms with van der Waals surface area (Å²) in [5.74, 6) is 0. The van der Waals surface area contributed by atoms with Gasteiger partial charge in [-0.15, -0.1) is 0 Å². The van der Waals surface area contributed by atoms with Crippen LogP contribution in [0.15, 0.2) is 12.3 Å². The van der Waals surface area contributed by atoms with Crippen LogP contribution in [0.5, 0.6) is 0 Å². The molecule has 0 aromatic rings. The van der Waals surface area contributed by atoms with Crippen molar-refractivity contribution < 1.29 is 0 Å². The van der Waals surface area contributed by atoms with E-state index in [9.17, 15) is 0 Å². The number of hydrogen-bond acceptors (Lipinski definition) is 3. The molecule has 1 atom stereocenters. The first-order valence-corrected chi connectivity index (χ1v) is 4.48. The minimum Gasteiger partial charge on any atom is -0.401 e. The van der Waals surface area contributed by atoms with E-state index >= 15 is 0 Å². The minimum atomic E-state index is 0.332. The van der Waals surface area contributed by atoms with E-state index in [2.05, 4.69) is 30.4 Å². The highest BCUT2D eigenvalue weighted by Gasteiger charge is 2.19. The quantitative estimate of drug-likeness (QED) is 0.636. The Bertz CT molecular complexity index is 159. The first-order chi connectivity index (χ1) is 5.61. The van der Waals surface area contributed by atoms with Crippen molar-refractivity contribution in [3.05, 3.63) is 12.3 Å². The minimum absolute atomic E-state index is 0.332. The lowest BCUT2D eigenvalue weighted by Gasteiger charge is -2.36. The largest absolute Gasteiger partial charge is 0.401 e. The maximum atomic E-state index is 5.65. The fourth-order valence-electron chi connectivity index (χ4n) is 1.44. The van der Waals surface area contributed by atoms with Crippen molar-refractivity contribution in [1.82, 2.24) is 9.80 Å². The lowest BCUT2D eigenvalue weighted by atomic mass is 10.2. The summed E-state index contributed by atoms with van der Waals surface area (Å²) < 4.78 is 0. The van der Waals surface area contributed by atoms with Gasteiger partial charge in [-0.3, -0.25) is 4.90 Å². The molecule has 1 saturated heterocycles. The molecule has 0 aromatic heterocycles. The molecule has 0 aromatic carbocycles. The second kappa shape index (κ2) is 3.92. The van der Waals surface area contributed by atoms with Gasteiger partial charge in [0.15, 0.2) is 0 Å². The van der Waals surface area contributed by atoms with Gasteiger partial charge in [-0.05, 0) is 14.0 Å². The van der Waals surface area contributed by atoms with E-state index in [0.29, 0.717) is 6.04 Å². The summed E-state index contributed by atoms with van der Waals surface area (Å²) >= 11 is 0. The Kier molecular flexibility index (Phi) is 3.12. The Morgan fingerprint density at radius 3 is 2.25 bits per heavy atom. The molecule has 0 radical (unpaired) electrons. The summed E-state index contributed by atoms with van der Waals surface area (Å²) in [6.45, 7) is 10.4. The summed E-state index contributed by atoms with van der Waals surface area (Å²) in [4.78, 5) is 4.71. The molecule has 0 aliphatic carbocycles. The number of hydrogen-bond donors (Lipinski definition) is 1. The highest BCUT2D eigenvalue weighted by molar-refractivity contribution is 4.99. The molecule has 0 bridgehead atoms. The molecule has 1 fully saturated rings. The van der Waals surface area contributed by atoms with E-state index < -0.39 is 0 Å². The van der Waals surface area contributed by atoms with Crippen molar-refractivity contribution in [2.75, 3.05) is 33.2 Å². The molecule has 12 heavy (non-hydrogen) atoms. The molecule has 2 N–H and O–H groups in total. The van der Waals surface area contributed by atoms with Gasteiger partial charge < -0.3 is 10.6 Å². The molecule has 70 valence electrons. The number of likely N-dealkylation sites (N-methyl/N-ethyl adjacent to an activating group) is 1. The maximum Gasteiger partial charge on any atom is 0.0459 e. The van der Waals surface area contributed by atoms with Gasteiger partial charge in [-0.25, -0.2) is 0 Å². The van der Waals surface area contributed by atoms with Crippen molar-refractivity contribution in [2.45, 2.75) is 13.0 Å². The predicted octanol–water partition coefficient (Wildman–Crippen LogP) is 0.0947. The molecule has 1 aliphatic heterocycles. The molecule has 0 amide bonds. The molecule has 3 heteroatoms. The first-order valence-electron chi connectivity index (χ1n) is 4.48.